The molecular weight excluding hydrogens is 386 g/mol. The van der Waals surface area contributed by atoms with Crippen LogP contribution in [-0.4, -0.2) is 55.8 Å². The van der Waals surface area contributed by atoms with Crippen molar-refractivity contribution in [3.05, 3.63) is 64.7 Å². The van der Waals surface area contributed by atoms with E-state index in [1.165, 1.54) is 4.90 Å². The number of hydrogen-bond acceptors (Lipinski definition) is 5. The van der Waals surface area contributed by atoms with Gasteiger partial charge in [-0.3, -0.25) is 19.2 Å². The fourth-order valence-corrected chi connectivity index (χ4v) is 2.49. The van der Waals surface area contributed by atoms with Crippen LogP contribution in [0.1, 0.15) is 31.8 Å². The summed E-state index contributed by atoms with van der Waals surface area (Å²) in [7, 11) is 3.30. The quantitative estimate of drug-likeness (QED) is 0.678. The number of anilines is 1. The molecule has 2 aromatic rings. The van der Waals surface area contributed by atoms with Crippen molar-refractivity contribution in [2.75, 3.05) is 32.6 Å². The molecule has 8 nitrogen and oxygen atoms in total. The van der Waals surface area contributed by atoms with E-state index in [1.54, 1.807) is 50.5 Å². The minimum atomic E-state index is -0.728. The molecule has 8 heteroatoms. The maximum atomic E-state index is 12.1. The summed E-state index contributed by atoms with van der Waals surface area (Å²) in [6.07, 6.45) is 0. The Morgan fingerprint density at radius 1 is 0.900 bits per heavy atom. The Kier molecular flexibility index (Phi) is 7.69. The van der Waals surface area contributed by atoms with E-state index in [1.807, 2.05) is 19.9 Å². The van der Waals surface area contributed by atoms with Crippen LogP contribution >= 0.6 is 0 Å². The molecule has 0 spiro atoms. The van der Waals surface area contributed by atoms with Gasteiger partial charge in [-0.15, -0.1) is 0 Å². The Labute approximate surface area is 175 Å². The molecule has 0 radical (unpaired) electrons. The number of esters is 1. The van der Waals surface area contributed by atoms with Crippen molar-refractivity contribution in [3.8, 4) is 0 Å². The molecule has 0 saturated carbocycles. The van der Waals surface area contributed by atoms with Gasteiger partial charge in [0.05, 0.1) is 0 Å². The maximum absolute atomic E-state index is 12.1. The zero-order chi connectivity index (χ0) is 22.3. The van der Waals surface area contributed by atoms with Crippen LogP contribution in [0.15, 0.2) is 42.5 Å². The number of carbonyl (C=O) groups is 4. The highest BCUT2D eigenvalue weighted by Gasteiger charge is 2.12. The Morgan fingerprint density at radius 3 is 2.13 bits per heavy atom. The second-order valence-electron chi connectivity index (χ2n) is 6.97. The summed E-state index contributed by atoms with van der Waals surface area (Å²) in [6, 6.07) is 11.6. The third kappa shape index (κ3) is 6.44. The van der Waals surface area contributed by atoms with Crippen molar-refractivity contribution >= 4 is 29.4 Å². The molecule has 2 aromatic carbocycles. The fourth-order valence-electron chi connectivity index (χ4n) is 2.49. The number of hydrogen-bond donors (Lipinski definition) is 2. The second-order valence-corrected chi connectivity index (χ2v) is 6.97. The molecule has 0 unspecified atom stereocenters. The molecule has 0 bridgehead atoms. The third-order valence-corrected chi connectivity index (χ3v) is 4.35. The largest absolute Gasteiger partial charge is 0.454 e. The van der Waals surface area contributed by atoms with Gasteiger partial charge >= 0.3 is 5.97 Å². The molecule has 2 N–H and O–H groups in total. The Morgan fingerprint density at radius 2 is 1.53 bits per heavy atom. The smallest absolute Gasteiger partial charge is 0.325 e. The standard InChI is InChI=1S/C22H25N3O5/c1-14-5-6-17(11-15(14)2)21(28)23-12-20(27)30-13-19(26)24-18-9-7-16(8-10-18)22(29)25(3)4/h5-11H,12-13H2,1-4H3,(H,23,28)(H,24,26). The topological polar surface area (TPSA) is 105 Å². The highest BCUT2D eigenvalue weighted by Crippen LogP contribution is 2.11. The first-order valence-corrected chi connectivity index (χ1v) is 9.30. The number of rotatable bonds is 7. The lowest BCUT2D eigenvalue weighted by Crippen LogP contribution is -2.32. The number of ether oxygens (including phenoxy) is 1. The summed E-state index contributed by atoms with van der Waals surface area (Å²) in [5, 5.41) is 5.03. The highest BCUT2D eigenvalue weighted by atomic mass is 16.5. The van der Waals surface area contributed by atoms with Gasteiger partial charge in [0, 0.05) is 30.9 Å². The Hall–Kier alpha value is -3.68. The third-order valence-electron chi connectivity index (χ3n) is 4.35. The van der Waals surface area contributed by atoms with Gasteiger partial charge in [0.2, 0.25) is 0 Å². The van der Waals surface area contributed by atoms with Gasteiger partial charge in [-0.1, -0.05) is 6.07 Å². The normalized spacial score (nSPS) is 10.1. The Bertz CT molecular complexity index is 952. The van der Waals surface area contributed by atoms with Gasteiger partial charge in [-0.05, 0) is 61.4 Å². The summed E-state index contributed by atoms with van der Waals surface area (Å²) in [6.45, 7) is 3.00. The summed E-state index contributed by atoms with van der Waals surface area (Å²) in [5.41, 5.74) is 3.44. The van der Waals surface area contributed by atoms with Crippen LogP contribution < -0.4 is 10.6 Å². The monoisotopic (exact) mass is 411 g/mol. The lowest BCUT2D eigenvalue weighted by atomic mass is 10.1. The zero-order valence-electron chi connectivity index (χ0n) is 17.4. The van der Waals surface area contributed by atoms with E-state index in [4.69, 9.17) is 4.74 Å². The summed E-state index contributed by atoms with van der Waals surface area (Å²) < 4.78 is 4.87. The Balaban J connectivity index is 1.76. The number of nitrogens with one attached hydrogen (secondary N) is 2. The van der Waals surface area contributed by atoms with E-state index in [0.717, 1.165) is 11.1 Å². The highest BCUT2D eigenvalue weighted by molar-refractivity contribution is 5.97. The molecule has 0 aliphatic carbocycles. The number of carbonyl (C=O) groups excluding carboxylic acids is 4. The van der Waals surface area contributed by atoms with Crippen LogP contribution in [0.5, 0.6) is 0 Å². The summed E-state index contributed by atoms with van der Waals surface area (Å²) in [5.74, 6) is -1.80. The van der Waals surface area contributed by atoms with Crippen molar-refractivity contribution in [2.45, 2.75) is 13.8 Å². The van der Waals surface area contributed by atoms with Crippen molar-refractivity contribution in [1.29, 1.82) is 0 Å². The molecule has 0 aliphatic heterocycles. The zero-order valence-corrected chi connectivity index (χ0v) is 17.4. The molecule has 0 aromatic heterocycles. The average Bonchev–Trinajstić information content (AvgIpc) is 2.72. The van der Waals surface area contributed by atoms with E-state index in [0.29, 0.717) is 16.8 Å². The average molecular weight is 411 g/mol. The minimum absolute atomic E-state index is 0.148. The first-order valence-electron chi connectivity index (χ1n) is 9.30. The van der Waals surface area contributed by atoms with Crippen LogP contribution in [0.25, 0.3) is 0 Å². The van der Waals surface area contributed by atoms with Gasteiger partial charge in [-0.2, -0.15) is 0 Å². The molecular formula is C22H25N3O5. The van der Waals surface area contributed by atoms with Crippen molar-refractivity contribution in [3.63, 3.8) is 0 Å². The first-order chi connectivity index (χ1) is 14.2. The second kappa shape index (κ2) is 10.2. The van der Waals surface area contributed by atoms with Gasteiger partial charge in [-0.25, -0.2) is 0 Å². The molecule has 0 fully saturated rings. The SMILES string of the molecule is Cc1ccc(C(=O)NCC(=O)OCC(=O)Nc2ccc(C(=O)N(C)C)cc2)cc1C. The van der Waals surface area contributed by atoms with E-state index >= 15 is 0 Å². The van der Waals surface area contributed by atoms with Crippen LogP contribution in [0.2, 0.25) is 0 Å². The summed E-state index contributed by atoms with van der Waals surface area (Å²) in [4.78, 5) is 49.1. The van der Waals surface area contributed by atoms with Gasteiger partial charge < -0.3 is 20.3 Å². The number of benzene rings is 2. The molecule has 0 aliphatic rings. The number of aryl methyl sites for hydroxylation is 2. The van der Waals surface area contributed by atoms with Gasteiger partial charge in [0.1, 0.15) is 6.54 Å². The van der Waals surface area contributed by atoms with E-state index in [-0.39, 0.29) is 12.5 Å². The van der Waals surface area contributed by atoms with Gasteiger partial charge in [0.25, 0.3) is 17.7 Å². The molecule has 30 heavy (non-hydrogen) atoms. The van der Waals surface area contributed by atoms with E-state index in [9.17, 15) is 19.2 Å². The molecule has 3 amide bonds. The minimum Gasteiger partial charge on any atom is -0.454 e. The van der Waals surface area contributed by atoms with Crippen molar-refractivity contribution in [2.24, 2.45) is 0 Å². The van der Waals surface area contributed by atoms with Crippen LogP contribution in [0.3, 0.4) is 0 Å². The molecule has 0 atom stereocenters. The van der Waals surface area contributed by atoms with Gasteiger partial charge in [0.15, 0.2) is 6.61 Å². The number of amides is 3. The summed E-state index contributed by atoms with van der Waals surface area (Å²) >= 11 is 0. The molecule has 0 heterocycles. The maximum Gasteiger partial charge on any atom is 0.325 e. The van der Waals surface area contributed by atoms with Crippen molar-refractivity contribution in [1.82, 2.24) is 10.2 Å². The first kappa shape index (κ1) is 22.6. The predicted octanol–water partition coefficient (Wildman–Crippen LogP) is 1.92. The predicted molar refractivity (Wildman–Crippen MR) is 112 cm³/mol. The lowest BCUT2D eigenvalue weighted by molar-refractivity contribution is -0.146. The van der Waals surface area contributed by atoms with Crippen molar-refractivity contribution < 1.29 is 23.9 Å². The molecule has 0 saturated heterocycles. The lowest BCUT2D eigenvalue weighted by Gasteiger charge is -2.11. The molecule has 158 valence electrons. The van der Waals surface area contributed by atoms with Crippen LogP contribution in [0, 0.1) is 13.8 Å². The fraction of sp³-hybridized carbons (Fsp3) is 0.273. The van der Waals surface area contributed by atoms with Crippen LogP contribution in [0.4, 0.5) is 5.69 Å². The number of nitrogens with zero attached hydrogens (tertiary/aromatic N) is 1. The van der Waals surface area contributed by atoms with E-state index < -0.39 is 24.4 Å². The van der Waals surface area contributed by atoms with E-state index in [2.05, 4.69) is 10.6 Å². The van der Waals surface area contributed by atoms with Crippen LogP contribution in [-0.2, 0) is 14.3 Å². The molecule has 2 rings (SSSR count).